The summed E-state index contributed by atoms with van der Waals surface area (Å²) in [5.41, 5.74) is -0.956. The van der Waals surface area contributed by atoms with Gasteiger partial charge in [0.25, 0.3) is 0 Å². The molecule has 1 atom stereocenters. The minimum atomic E-state index is -4.97. The molecule has 0 heterocycles. The Morgan fingerprint density at radius 3 is 2.35 bits per heavy atom. The van der Waals surface area contributed by atoms with Crippen LogP contribution in [0.25, 0.3) is 0 Å². The number of nitrogens with one attached hydrogen (secondary N) is 1. The molecule has 0 fully saturated rings. The molecule has 1 unspecified atom stereocenters. The van der Waals surface area contributed by atoms with Gasteiger partial charge in [0.05, 0.1) is 5.57 Å². The van der Waals surface area contributed by atoms with Crippen LogP contribution in [0, 0.1) is 0 Å². The van der Waals surface area contributed by atoms with Crippen molar-refractivity contribution < 1.29 is 28.2 Å². The Hall–Kier alpha value is -1.50. The van der Waals surface area contributed by atoms with Gasteiger partial charge in [-0.2, -0.15) is 13.2 Å². The first-order chi connectivity index (χ1) is 7.75. The van der Waals surface area contributed by atoms with Gasteiger partial charge in [0, 0.05) is 13.2 Å². The Balaban J connectivity index is 5.21. The molecule has 0 saturated carbocycles. The minimum absolute atomic E-state index is 0.284. The van der Waals surface area contributed by atoms with Crippen LogP contribution in [0.4, 0.5) is 13.2 Å². The lowest BCUT2D eigenvalue weighted by Gasteiger charge is -2.16. The molecule has 0 amide bonds. The maximum absolute atomic E-state index is 12.3. The second-order valence-corrected chi connectivity index (χ2v) is 3.16. The number of Topliss-reactive ketones (excluding diaryl/α,β-unsaturated/α-hetero) is 1. The number of alkyl halides is 3. The third kappa shape index (κ3) is 4.48. The van der Waals surface area contributed by atoms with Gasteiger partial charge in [0.1, 0.15) is 0 Å². The molecule has 4 nitrogen and oxygen atoms in total. The Labute approximate surface area is 96.4 Å². The van der Waals surface area contributed by atoms with Crippen molar-refractivity contribution in [2.45, 2.75) is 25.6 Å². The third-order valence-electron chi connectivity index (χ3n) is 1.80. The van der Waals surface area contributed by atoms with Crippen molar-refractivity contribution in [1.82, 2.24) is 5.32 Å². The van der Waals surface area contributed by atoms with Gasteiger partial charge in [0.15, 0.2) is 11.9 Å². The van der Waals surface area contributed by atoms with Gasteiger partial charge in [-0.15, -0.1) is 0 Å². The first-order valence-electron chi connectivity index (χ1n) is 4.81. The second-order valence-electron chi connectivity index (χ2n) is 3.16. The molecule has 0 saturated heterocycles. The number of aliphatic hydroxyl groups is 2. The fourth-order valence-electron chi connectivity index (χ4n) is 1.03. The van der Waals surface area contributed by atoms with Crippen LogP contribution >= 0.6 is 0 Å². The normalized spacial score (nSPS) is 15.6. The number of hydrogen-bond acceptors (Lipinski definition) is 4. The van der Waals surface area contributed by atoms with Gasteiger partial charge in [-0.25, -0.2) is 0 Å². The summed E-state index contributed by atoms with van der Waals surface area (Å²) < 4.78 is 36.8. The Morgan fingerprint density at radius 2 is 2.00 bits per heavy atom. The smallest absolute Gasteiger partial charge is 0.418 e. The molecule has 0 spiro atoms. The summed E-state index contributed by atoms with van der Waals surface area (Å²) in [7, 11) is 1.27. The molecule has 0 aliphatic rings. The van der Waals surface area contributed by atoms with Gasteiger partial charge in [0.2, 0.25) is 5.78 Å². The maximum Gasteiger partial charge on any atom is 0.418 e. The van der Waals surface area contributed by atoms with E-state index >= 15 is 0 Å². The summed E-state index contributed by atoms with van der Waals surface area (Å²) in [6.07, 6.45) is -5.85. The number of allylic oxidation sites excluding steroid dienone is 2. The highest BCUT2D eigenvalue weighted by atomic mass is 19.4. The van der Waals surface area contributed by atoms with Crippen molar-refractivity contribution in [3.05, 3.63) is 23.6 Å². The zero-order chi connectivity index (χ0) is 13.6. The highest BCUT2D eigenvalue weighted by Gasteiger charge is 2.43. The Morgan fingerprint density at radius 1 is 1.47 bits per heavy atom. The van der Waals surface area contributed by atoms with Gasteiger partial charge in [-0.1, -0.05) is 6.92 Å². The SMILES string of the molecule is CC/C=C(\O)C(=O)/C(=C\NC)C(O)C(F)(F)F. The number of carbonyl (C=O) groups excluding carboxylic acids is 1. The van der Waals surface area contributed by atoms with Crippen LogP contribution in [-0.2, 0) is 4.79 Å². The first kappa shape index (κ1) is 15.5. The van der Waals surface area contributed by atoms with E-state index in [4.69, 9.17) is 5.11 Å². The molecule has 0 bridgehead atoms. The number of ketones is 1. The maximum atomic E-state index is 12.3. The number of hydrogen-bond donors (Lipinski definition) is 3. The van der Waals surface area contributed by atoms with Crippen molar-refractivity contribution >= 4 is 5.78 Å². The second kappa shape index (κ2) is 6.29. The van der Waals surface area contributed by atoms with Crippen LogP contribution in [0.1, 0.15) is 13.3 Å². The van der Waals surface area contributed by atoms with E-state index in [1.807, 2.05) is 0 Å². The number of aliphatic hydroxyl groups excluding tert-OH is 2. The van der Waals surface area contributed by atoms with Gasteiger partial charge in [-0.05, 0) is 12.5 Å². The molecule has 17 heavy (non-hydrogen) atoms. The van der Waals surface area contributed by atoms with Gasteiger partial charge in [-0.3, -0.25) is 4.79 Å². The van der Waals surface area contributed by atoms with Crippen LogP contribution in [0.5, 0.6) is 0 Å². The number of carbonyl (C=O) groups is 1. The molecular formula is C10H14F3NO3. The molecule has 7 heteroatoms. The lowest BCUT2D eigenvalue weighted by atomic mass is 10.0. The standard InChI is InChI=1S/C10H14F3NO3/c1-3-4-7(15)8(16)6(5-14-2)9(17)10(11,12)13/h4-5,9,14-15,17H,3H2,1-2H3/b6-5+,7-4-. The van der Waals surface area contributed by atoms with Crippen molar-refractivity contribution in [3.8, 4) is 0 Å². The summed E-state index contributed by atoms with van der Waals surface area (Å²) in [6, 6.07) is 0. The third-order valence-corrected chi connectivity index (χ3v) is 1.80. The van der Waals surface area contributed by atoms with E-state index < -0.39 is 29.4 Å². The topological polar surface area (TPSA) is 69.6 Å². The van der Waals surface area contributed by atoms with E-state index in [9.17, 15) is 23.1 Å². The van der Waals surface area contributed by atoms with Gasteiger partial charge >= 0.3 is 6.18 Å². The minimum Gasteiger partial charge on any atom is -0.504 e. The van der Waals surface area contributed by atoms with Crippen molar-refractivity contribution in [1.29, 1.82) is 0 Å². The summed E-state index contributed by atoms with van der Waals surface area (Å²) in [5, 5.41) is 20.4. The van der Waals surface area contributed by atoms with Crippen molar-refractivity contribution in [3.63, 3.8) is 0 Å². The summed E-state index contributed by atoms with van der Waals surface area (Å²) in [6.45, 7) is 1.60. The lowest BCUT2D eigenvalue weighted by Crippen LogP contribution is -2.34. The van der Waals surface area contributed by atoms with Crippen LogP contribution < -0.4 is 5.32 Å². The molecule has 0 aromatic heterocycles. The zero-order valence-electron chi connectivity index (χ0n) is 9.38. The fourth-order valence-corrected chi connectivity index (χ4v) is 1.03. The molecule has 0 radical (unpaired) electrons. The molecular weight excluding hydrogens is 239 g/mol. The monoisotopic (exact) mass is 253 g/mol. The Kier molecular flexibility index (Phi) is 5.73. The van der Waals surface area contributed by atoms with E-state index in [0.29, 0.717) is 6.20 Å². The van der Waals surface area contributed by atoms with E-state index in [1.54, 1.807) is 6.92 Å². The Bertz CT molecular complexity index is 334. The highest BCUT2D eigenvalue weighted by Crippen LogP contribution is 2.26. The predicted octanol–water partition coefficient (Wildman–Crippen LogP) is 1.43. The van der Waals surface area contributed by atoms with Crippen LogP contribution in [0.2, 0.25) is 0 Å². The highest BCUT2D eigenvalue weighted by molar-refractivity contribution is 6.07. The number of rotatable bonds is 5. The van der Waals surface area contributed by atoms with E-state index in [0.717, 1.165) is 6.08 Å². The van der Waals surface area contributed by atoms with Crippen molar-refractivity contribution in [2.24, 2.45) is 0 Å². The molecule has 0 aromatic carbocycles. The molecule has 98 valence electrons. The molecule has 0 aromatic rings. The van der Waals surface area contributed by atoms with Crippen LogP contribution in [-0.4, -0.2) is 35.3 Å². The fraction of sp³-hybridized carbons (Fsp3) is 0.500. The molecule has 0 aliphatic carbocycles. The summed E-state index contributed by atoms with van der Waals surface area (Å²) in [5.74, 6) is -2.08. The van der Waals surface area contributed by atoms with Gasteiger partial charge < -0.3 is 15.5 Å². The zero-order valence-corrected chi connectivity index (χ0v) is 9.38. The predicted molar refractivity (Wildman–Crippen MR) is 55.2 cm³/mol. The van der Waals surface area contributed by atoms with E-state index in [2.05, 4.69) is 5.32 Å². The first-order valence-corrected chi connectivity index (χ1v) is 4.81. The van der Waals surface area contributed by atoms with E-state index in [-0.39, 0.29) is 6.42 Å². The number of halogens is 3. The average Bonchev–Trinajstić information content (AvgIpc) is 2.23. The molecule has 0 aliphatic heterocycles. The van der Waals surface area contributed by atoms with Crippen LogP contribution in [0.3, 0.4) is 0 Å². The lowest BCUT2D eigenvalue weighted by molar-refractivity contribution is -0.192. The van der Waals surface area contributed by atoms with E-state index in [1.165, 1.54) is 7.05 Å². The quantitative estimate of drug-likeness (QED) is 0.512. The van der Waals surface area contributed by atoms with Crippen LogP contribution in [0.15, 0.2) is 23.6 Å². The molecule has 3 N–H and O–H groups in total. The largest absolute Gasteiger partial charge is 0.504 e. The summed E-state index contributed by atoms with van der Waals surface area (Å²) >= 11 is 0. The van der Waals surface area contributed by atoms with Crippen molar-refractivity contribution in [2.75, 3.05) is 7.05 Å². The molecule has 0 rings (SSSR count). The summed E-state index contributed by atoms with van der Waals surface area (Å²) in [4.78, 5) is 11.4. The average molecular weight is 253 g/mol.